The van der Waals surface area contributed by atoms with Gasteiger partial charge in [-0.1, -0.05) is 12.1 Å². The Hall–Kier alpha value is -3.75. The maximum absolute atomic E-state index is 12.7. The van der Waals surface area contributed by atoms with Gasteiger partial charge in [0.1, 0.15) is 12.1 Å². The molecular formula is C20H18N4O5. The molecule has 5 rings (SSSR count). The number of aromatic nitrogens is 1. The SMILES string of the molecule is O=C(CN1CCN(c2ccc3c(c2)OCO3)C1=O)NCc1nc2ccccc2o1. The number of hydrogen-bond acceptors (Lipinski definition) is 6. The van der Waals surface area contributed by atoms with E-state index in [1.165, 1.54) is 4.90 Å². The van der Waals surface area contributed by atoms with Gasteiger partial charge in [-0.2, -0.15) is 0 Å². The Morgan fingerprint density at radius 2 is 1.97 bits per heavy atom. The van der Waals surface area contributed by atoms with Crippen LogP contribution in [0.1, 0.15) is 5.89 Å². The largest absolute Gasteiger partial charge is 0.454 e. The molecule has 1 saturated heterocycles. The second-order valence-corrected chi connectivity index (χ2v) is 6.75. The van der Waals surface area contributed by atoms with E-state index in [0.29, 0.717) is 41.7 Å². The number of ether oxygens (including phenoxy) is 2. The molecule has 3 aromatic rings. The highest BCUT2D eigenvalue weighted by atomic mass is 16.7. The molecule has 148 valence electrons. The minimum absolute atomic E-state index is 0.0277. The van der Waals surface area contributed by atoms with Crippen LogP contribution in [0.15, 0.2) is 46.9 Å². The summed E-state index contributed by atoms with van der Waals surface area (Å²) >= 11 is 0. The molecule has 29 heavy (non-hydrogen) atoms. The summed E-state index contributed by atoms with van der Waals surface area (Å²) in [6.07, 6.45) is 0. The van der Waals surface area contributed by atoms with Crippen molar-refractivity contribution < 1.29 is 23.5 Å². The molecule has 9 nitrogen and oxygen atoms in total. The van der Waals surface area contributed by atoms with E-state index in [0.717, 1.165) is 5.52 Å². The Bertz CT molecular complexity index is 1060. The topological polar surface area (TPSA) is 97.1 Å². The van der Waals surface area contributed by atoms with Crippen molar-refractivity contribution in [1.82, 2.24) is 15.2 Å². The maximum Gasteiger partial charge on any atom is 0.325 e. The first-order valence-corrected chi connectivity index (χ1v) is 9.24. The van der Waals surface area contributed by atoms with Crippen molar-refractivity contribution in [3.05, 3.63) is 48.4 Å². The van der Waals surface area contributed by atoms with Crippen LogP contribution >= 0.6 is 0 Å². The number of nitrogens with one attached hydrogen (secondary N) is 1. The molecule has 2 aliphatic rings. The second kappa shape index (κ2) is 7.01. The number of hydrogen-bond donors (Lipinski definition) is 1. The molecular weight excluding hydrogens is 376 g/mol. The molecule has 3 heterocycles. The van der Waals surface area contributed by atoms with E-state index < -0.39 is 0 Å². The van der Waals surface area contributed by atoms with E-state index in [2.05, 4.69) is 10.3 Å². The second-order valence-electron chi connectivity index (χ2n) is 6.75. The number of carbonyl (C=O) groups excluding carboxylic acids is 2. The van der Waals surface area contributed by atoms with Crippen LogP contribution in [-0.4, -0.2) is 48.2 Å². The quantitative estimate of drug-likeness (QED) is 0.712. The standard InChI is InChI=1S/C20H18N4O5/c25-18(21-10-19-22-14-3-1-2-4-15(14)29-19)11-23-7-8-24(20(23)26)13-5-6-16-17(9-13)28-12-27-16/h1-6,9H,7-8,10-12H2,(H,21,25). The van der Waals surface area contributed by atoms with Gasteiger partial charge in [0.2, 0.25) is 18.6 Å². The van der Waals surface area contributed by atoms with Crippen LogP contribution in [-0.2, 0) is 11.3 Å². The van der Waals surface area contributed by atoms with Crippen molar-refractivity contribution in [2.45, 2.75) is 6.54 Å². The molecule has 9 heteroatoms. The number of fused-ring (bicyclic) bond motifs is 2. The summed E-state index contributed by atoms with van der Waals surface area (Å²) in [4.78, 5) is 32.4. The van der Waals surface area contributed by atoms with Crippen LogP contribution in [0.2, 0.25) is 0 Å². The lowest BCUT2D eigenvalue weighted by atomic mass is 10.2. The average molecular weight is 394 g/mol. The molecule has 0 saturated carbocycles. The van der Waals surface area contributed by atoms with E-state index in [1.807, 2.05) is 30.3 Å². The zero-order valence-electron chi connectivity index (χ0n) is 15.5. The Kier molecular flexibility index (Phi) is 4.19. The van der Waals surface area contributed by atoms with Gasteiger partial charge in [0, 0.05) is 24.8 Å². The van der Waals surface area contributed by atoms with Crippen molar-refractivity contribution in [2.24, 2.45) is 0 Å². The first kappa shape index (κ1) is 17.4. The van der Waals surface area contributed by atoms with E-state index in [9.17, 15) is 9.59 Å². The summed E-state index contributed by atoms with van der Waals surface area (Å²) in [5.41, 5.74) is 2.13. The van der Waals surface area contributed by atoms with Crippen LogP contribution in [0.25, 0.3) is 11.1 Å². The highest BCUT2D eigenvalue weighted by Crippen LogP contribution is 2.36. The summed E-state index contributed by atoms with van der Waals surface area (Å²) in [5.74, 6) is 1.43. The number of anilines is 1. The highest BCUT2D eigenvalue weighted by molar-refractivity contribution is 5.96. The van der Waals surface area contributed by atoms with E-state index in [4.69, 9.17) is 13.9 Å². The predicted molar refractivity (Wildman–Crippen MR) is 103 cm³/mol. The number of rotatable bonds is 5. The van der Waals surface area contributed by atoms with Gasteiger partial charge in [0.25, 0.3) is 0 Å². The van der Waals surface area contributed by atoms with Gasteiger partial charge < -0.3 is 24.1 Å². The van der Waals surface area contributed by atoms with Crippen LogP contribution in [0.4, 0.5) is 10.5 Å². The van der Waals surface area contributed by atoms with Gasteiger partial charge in [-0.05, 0) is 24.3 Å². The highest BCUT2D eigenvalue weighted by Gasteiger charge is 2.31. The first-order chi connectivity index (χ1) is 14.2. The summed E-state index contributed by atoms with van der Waals surface area (Å²) in [7, 11) is 0. The smallest absolute Gasteiger partial charge is 0.325 e. The minimum Gasteiger partial charge on any atom is -0.454 e. The molecule has 1 N–H and O–H groups in total. The molecule has 0 aliphatic carbocycles. The molecule has 2 aromatic carbocycles. The first-order valence-electron chi connectivity index (χ1n) is 9.24. The van der Waals surface area contributed by atoms with Crippen LogP contribution in [0, 0.1) is 0 Å². The fourth-order valence-electron chi connectivity index (χ4n) is 3.42. The Labute approximate surface area is 165 Å². The normalized spacial score (nSPS) is 15.4. The molecule has 0 bridgehead atoms. The van der Waals surface area contributed by atoms with E-state index >= 15 is 0 Å². The lowest BCUT2D eigenvalue weighted by molar-refractivity contribution is -0.121. The van der Waals surface area contributed by atoms with Crippen LogP contribution < -0.4 is 19.7 Å². The van der Waals surface area contributed by atoms with Crippen molar-refractivity contribution >= 4 is 28.7 Å². The average Bonchev–Trinajstić information content (AvgIpc) is 3.44. The number of oxazole rings is 1. The van der Waals surface area contributed by atoms with E-state index in [1.54, 1.807) is 17.0 Å². The van der Waals surface area contributed by atoms with Crippen LogP contribution in [0.5, 0.6) is 11.5 Å². The van der Waals surface area contributed by atoms with E-state index in [-0.39, 0.29) is 31.8 Å². The monoisotopic (exact) mass is 394 g/mol. The minimum atomic E-state index is -0.270. The molecule has 3 amide bonds. The summed E-state index contributed by atoms with van der Waals surface area (Å²) in [5, 5.41) is 2.75. The zero-order chi connectivity index (χ0) is 19.8. The predicted octanol–water partition coefficient (Wildman–Crippen LogP) is 2.11. The van der Waals surface area contributed by atoms with Crippen molar-refractivity contribution in [2.75, 3.05) is 31.3 Å². The Morgan fingerprint density at radius 3 is 2.86 bits per heavy atom. The molecule has 0 spiro atoms. The third kappa shape index (κ3) is 3.31. The van der Waals surface area contributed by atoms with Gasteiger partial charge in [0.15, 0.2) is 17.1 Å². The fourth-order valence-corrected chi connectivity index (χ4v) is 3.42. The summed E-state index contributed by atoms with van der Waals surface area (Å²) in [6.45, 7) is 1.28. The van der Waals surface area contributed by atoms with Gasteiger partial charge in [0.05, 0.1) is 6.54 Å². The third-order valence-corrected chi connectivity index (χ3v) is 4.87. The maximum atomic E-state index is 12.7. The molecule has 2 aliphatic heterocycles. The van der Waals surface area contributed by atoms with Gasteiger partial charge >= 0.3 is 6.03 Å². The molecule has 0 unspecified atom stereocenters. The number of para-hydroxylation sites is 2. The van der Waals surface area contributed by atoms with Gasteiger partial charge in [-0.25, -0.2) is 9.78 Å². The molecule has 0 radical (unpaired) electrons. The molecule has 0 atom stereocenters. The van der Waals surface area contributed by atoms with Gasteiger partial charge in [-0.3, -0.25) is 9.69 Å². The Balaban J connectivity index is 1.18. The number of benzene rings is 2. The molecule has 1 fully saturated rings. The molecule has 1 aromatic heterocycles. The number of amides is 3. The summed E-state index contributed by atoms with van der Waals surface area (Å²) < 4.78 is 16.3. The number of carbonyl (C=O) groups is 2. The Morgan fingerprint density at radius 1 is 1.10 bits per heavy atom. The van der Waals surface area contributed by atoms with Gasteiger partial charge in [-0.15, -0.1) is 0 Å². The van der Waals surface area contributed by atoms with Crippen LogP contribution in [0.3, 0.4) is 0 Å². The number of urea groups is 1. The van der Waals surface area contributed by atoms with Crippen molar-refractivity contribution in [3.63, 3.8) is 0 Å². The third-order valence-electron chi connectivity index (χ3n) is 4.87. The van der Waals surface area contributed by atoms with Crippen molar-refractivity contribution in [1.29, 1.82) is 0 Å². The lowest BCUT2D eigenvalue weighted by Crippen LogP contribution is -2.39. The van der Waals surface area contributed by atoms with Crippen molar-refractivity contribution in [3.8, 4) is 11.5 Å². The zero-order valence-corrected chi connectivity index (χ0v) is 15.5. The fraction of sp³-hybridized carbons (Fsp3) is 0.250. The summed E-state index contributed by atoms with van der Waals surface area (Å²) in [6, 6.07) is 12.5. The number of nitrogens with zero attached hydrogens (tertiary/aromatic N) is 3. The lowest BCUT2D eigenvalue weighted by Gasteiger charge is -2.18.